The third-order valence-corrected chi connectivity index (χ3v) is 3.12. The zero-order valence-corrected chi connectivity index (χ0v) is 9.97. The van der Waals surface area contributed by atoms with E-state index in [-0.39, 0.29) is 0 Å². The van der Waals surface area contributed by atoms with E-state index >= 15 is 0 Å². The molecule has 5 heteroatoms. The van der Waals surface area contributed by atoms with Crippen LogP contribution >= 0.6 is 23.4 Å². The summed E-state index contributed by atoms with van der Waals surface area (Å²) in [6.45, 7) is 1.84. The molecule has 1 heterocycles. The van der Waals surface area contributed by atoms with E-state index in [9.17, 15) is 0 Å². The minimum Gasteiger partial charge on any atom is -0.439 e. The van der Waals surface area contributed by atoms with Crippen LogP contribution in [-0.2, 0) is 0 Å². The molecule has 1 aromatic carbocycles. The van der Waals surface area contributed by atoms with Gasteiger partial charge in [0.1, 0.15) is 12.3 Å². The zero-order valence-electron chi connectivity index (χ0n) is 8.40. The van der Waals surface area contributed by atoms with Crippen LogP contribution in [0.5, 0.6) is 0 Å². The molecule has 0 saturated heterocycles. The Hall–Kier alpha value is -1.44. The molecule has 0 spiro atoms. The Morgan fingerprint density at radius 2 is 2.31 bits per heavy atom. The summed E-state index contributed by atoms with van der Waals surface area (Å²) >= 11 is 7.20. The van der Waals surface area contributed by atoms with E-state index in [4.69, 9.17) is 21.3 Å². The van der Waals surface area contributed by atoms with E-state index in [1.54, 1.807) is 18.4 Å². The summed E-state index contributed by atoms with van der Waals surface area (Å²) in [4.78, 5) is 4.90. The van der Waals surface area contributed by atoms with Crippen molar-refractivity contribution in [1.29, 1.82) is 5.26 Å². The van der Waals surface area contributed by atoms with Gasteiger partial charge >= 0.3 is 0 Å². The fraction of sp³-hybridized carbons (Fsp3) is 0.0909. The molecule has 0 aliphatic carbocycles. The van der Waals surface area contributed by atoms with E-state index < -0.39 is 0 Å². The van der Waals surface area contributed by atoms with Crippen LogP contribution in [-0.4, -0.2) is 4.98 Å². The Balaban J connectivity index is 2.35. The van der Waals surface area contributed by atoms with Gasteiger partial charge in [0, 0.05) is 4.90 Å². The number of halogens is 1. The highest BCUT2D eigenvalue weighted by Crippen LogP contribution is 2.32. The second kappa shape index (κ2) is 4.60. The molecule has 0 radical (unpaired) electrons. The van der Waals surface area contributed by atoms with Crippen LogP contribution in [0, 0.1) is 18.3 Å². The molecular weight excluding hydrogens is 244 g/mol. The van der Waals surface area contributed by atoms with E-state index in [1.807, 2.05) is 13.0 Å². The van der Waals surface area contributed by atoms with Crippen LogP contribution in [0.15, 0.2) is 39.0 Å². The summed E-state index contributed by atoms with van der Waals surface area (Å²) in [5.74, 6) is 0. The average molecular weight is 251 g/mol. The summed E-state index contributed by atoms with van der Waals surface area (Å²) < 4.78 is 5.21. The van der Waals surface area contributed by atoms with Gasteiger partial charge in [0.2, 0.25) is 0 Å². The van der Waals surface area contributed by atoms with Crippen molar-refractivity contribution in [1.82, 2.24) is 4.98 Å². The minimum atomic E-state index is 0.441. The van der Waals surface area contributed by atoms with Gasteiger partial charge in [-0.15, -0.1) is 0 Å². The summed E-state index contributed by atoms with van der Waals surface area (Å²) in [5.41, 5.74) is 1.26. The van der Waals surface area contributed by atoms with Gasteiger partial charge in [0.05, 0.1) is 16.3 Å². The van der Waals surface area contributed by atoms with Crippen molar-refractivity contribution in [2.75, 3.05) is 0 Å². The Bertz CT molecular complexity index is 559. The standard InChI is InChI=1S/C11H7ClN2OS/c1-7-6-15-11(14-7)16-10-4-2-3-9(12)8(10)5-13/h2-4,6H,1H3. The topological polar surface area (TPSA) is 49.8 Å². The summed E-state index contributed by atoms with van der Waals surface area (Å²) in [6.07, 6.45) is 1.57. The van der Waals surface area contributed by atoms with Gasteiger partial charge in [-0.05, 0) is 30.8 Å². The Kier molecular flexibility index (Phi) is 3.18. The number of hydrogen-bond acceptors (Lipinski definition) is 4. The smallest absolute Gasteiger partial charge is 0.260 e. The largest absolute Gasteiger partial charge is 0.439 e. The molecule has 1 aromatic heterocycles. The zero-order chi connectivity index (χ0) is 11.5. The van der Waals surface area contributed by atoms with Crippen LogP contribution < -0.4 is 0 Å². The summed E-state index contributed by atoms with van der Waals surface area (Å²) in [6, 6.07) is 7.36. The van der Waals surface area contributed by atoms with Crippen LogP contribution in [0.2, 0.25) is 5.02 Å². The van der Waals surface area contributed by atoms with E-state index in [0.717, 1.165) is 10.6 Å². The normalized spacial score (nSPS) is 10.1. The Labute approximate surface area is 102 Å². The first-order chi connectivity index (χ1) is 7.70. The van der Waals surface area contributed by atoms with Gasteiger partial charge in [0.25, 0.3) is 5.22 Å². The van der Waals surface area contributed by atoms with Crippen molar-refractivity contribution in [2.24, 2.45) is 0 Å². The number of aryl methyl sites for hydroxylation is 1. The van der Waals surface area contributed by atoms with Gasteiger partial charge in [-0.2, -0.15) is 5.26 Å². The quantitative estimate of drug-likeness (QED) is 0.816. The van der Waals surface area contributed by atoms with Crippen LogP contribution in [0.4, 0.5) is 0 Å². The molecule has 0 aliphatic heterocycles. The van der Waals surface area contributed by atoms with Crippen molar-refractivity contribution >= 4 is 23.4 Å². The molecule has 0 saturated carbocycles. The molecule has 2 aromatic rings. The van der Waals surface area contributed by atoms with E-state index in [1.165, 1.54) is 11.8 Å². The molecule has 0 amide bonds. The molecule has 0 aliphatic rings. The lowest BCUT2D eigenvalue weighted by molar-refractivity contribution is 0.454. The van der Waals surface area contributed by atoms with Gasteiger partial charge in [-0.1, -0.05) is 17.7 Å². The third-order valence-electron chi connectivity index (χ3n) is 1.88. The van der Waals surface area contributed by atoms with Crippen molar-refractivity contribution in [3.8, 4) is 6.07 Å². The molecule has 0 N–H and O–H groups in total. The Morgan fingerprint density at radius 1 is 1.50 bits per heavy atom. The second-order valence-electron chi connectivity index (χ2n) is 3.08. The van der Waals surface area contributed by atoms with Gasteiger partial charge in [-0.3, -0.25) is 0 Å². The lowest BCUT2D eigenvalue weighted by Gasteiger charge is -2.01. The molecule has 0 fully saturated rings. The van der Waals surface area contributed by atoms with Crippen molar-refractivity contribution in [3.05, 3.63) is 40.7 Å². The first-order valence-electron chi connectivity index (χ1n) is 4.49. The maximum Gasteiger partial charge on any atom is 0.260 e. The summed E-state index contributed by atoms with van der Waals surface area (Å²) in [5, 5.41) is 9.93. The third kappa shape index (κ3) is 2.21. The van der Waals surface area contributed by atoms with Crippen LogP contribution in [0.25, 0.3) is 0 Å². The lowest BCUT2D eigenvalue weighted by atomic mass is 10.2. The number of rotatable bonds is 2. The van der Waals surface area contributed by atoms with Gasteiger partial charge in [-0.25, -0.2) is 4.98 Å². The van der Waals surface area contributed by atoms with Crippen LogP contribution in [0.3, 0.4) is 0 Å². The number of oxazole rings is 1. The van der Waals surface area contributed by atoms with E-state index in [2.05, 4.69) is 11.1 Å². The van der Waals surface area contributed by atoms with E-state index in [0.29, 0.717) is 15.8 Å². The van der Waals surface area contributed by atoms with Gasteiger partial charge < -0.3 is 4.42 Å². The molecule has 80 valence electrons. The maximum absolute atomic E-state index is 8.98. The minimum absolute atomic E-state index is 0.441. The first kappa shape index (κ1) is 11.1. The predicted octanol–water partition coefficient (Wildman–Crippen LogP) is 3.66. The Morgan fingerprint density at radius 3 is 2.94 bits per heavy atom. The predicted molar refractivity (Wildman–Crippen MR) is 61.5 cm³/mol. The first-order valence-corrected chi connectivity index (χ1v) is 5.69. The number of nitriles is 1. The average Bonchev–Trinajstić information content (AvgIpc) is 2.64. The molecule has 2 rings (SSSR count). The monoisotopic (exact) mass is 250 g/mol. The molecule has 0 bridgehead atoms. The highest BCUT2D eigenvalue weighted by molar-refractivity contribution is 7.99. The molecular formula is C11H7ClN2OS. The second-order valence-corrected chi connectivity index (χ2v) is 4.48. The summed E-state index contributed by atoms with van der Waals surface area (Å²) in [7, 11) is 0. The fourth-order valence-electron chi connectivity index (χ4n) is 1.17. The van der Waals surface area contributed by atoms with Gasteiger partial charge in [0.15, 0.2) is 0 Å². The van der Waals surface area contributed by atoms with Crippen molar-refractivity contribution < 1.29 is 4.42 Å². The number of hydrogen-bond donors (Lipinski definition) is 0. The number of benzene rings is 1. The SMILES string of the molecule is Cc1coc(Sc2cccc(Cl)c2C#N)n1. The molecule has 0 unspecified atom stereocenters. The van der Waals surface area contributed by atoms with Crippen molar-refractivity contribution in [3.63, 3.8) is 0 Å². The van der Waals surface area contributed by atoms with Crippen molar-refractivity contribution in [2.45, 2.75) is 17.0 Å². The number of aromatic nitrogens is 1. The number of nitrogens with zero attached hydrogens (tertiary/aromatic N) is 2. The molecule has 16 heavy (non-hydrogen) atoms. The molecule has 3 nitrogen and oxygen atoms in total. The highest BCUT2D eigenvalue weighted by atomic mass is 35.5. The molecule has 0 atom stereocenters. The fourth-order valence-corrected chi connectivity index (χ4v) is 2.32. The lowest BCUT2D eigenvalue weighted by Crippen LogP contribution is -1.82. The highest BCUT2D eigenvalue weighted by Gasteiger charge is 2.10. The van der Waals surface area contributed by atoms with Crippen LogP contribution in [0.1, 0.15) is 11.3 Å². The maximum atomic E-state index is 8.98.